The average Bonchev–Trinajstić information content (AvgIpc) is 2.74. The molecule has 0 fully saturated rings. The molecular weight excluding hydrogens is 440 g/mol. The van der Waals surface area contributed by atoms with E-state index in [4.69, 9.17) is 5.84 Å². The second-order valence-corrected chi connectivity index (χ2v) is 9.82. The number of aromatic hydroxyl groups is 2. The Kier molecular flexibility index (Phi) is 7.37. The molecule has 10 nitrogen and oxygen atoms in total. The fourth-order valence-corrected chi connectivity index (χ4v) is 3.00. The van der Waals surface area contributed by atoms with Gasteiger partial charge in [-0.05, 0) is 46.2 Å². The van der Waals surface area contributed by atoms with Gasteiger partial charge in [-0.25, -0.2) is 5.84 Å². The lowest BCUT2D eigenvalue weighted by atomic mass is 9.86. The van der Waals surface area contributed by atoms with Crippen molar-refractivity contribution in [2.45, 2.75) is 52.4 Å². The number of imide groups is 1. The zero-order valence-corrected chi connectivity index (χ0v) is 20.0. The molecule has 0 spiro atoms. The van der Waals surface area contributed by atoms with Crippen LogP contribution >= 0.6 is 0 Å². The summed E-state index contributed by atoms with van der Waals surface area (Å²) < 4.78 is 0. The highest BCUT2D eigenvalue weighted by molar-refractivity contribution is 6.38. The van der Waals surface area contributed by atoms with Gasteiger partial charge in [-0.15, -0.1) is 0 Å². The van der Waals surface area contributed by atoms with E-state index in [1.807, 2.05) is 41.5 Å². The molecule has 0 aliphatic carbocycles. The van der Waals surface area contributed by atoms with E-state index in [1.54, 1.807) is 17.6 Å². The Labute approximate surface area is 197 Å². The molecule has 2 aromatic rings. The van der Waals surface area contributed by atoms with Crippen molar-refractivity contribution < 1.29 is 29.4 Å². The third kappa shape index (κ3) is 5.70. The quantitative estimate of drug-likeness (QED) is 0.194. The number of hydrogen-bond acceptors (Lipinski definition) is 7. The second-order valence-electron chi connectivity index (χ2n) is 9.82. The number of nitrogens with two attached hydrogens (primary N) is 1. The molecule has 0 aromatic heterocycles. The van der Waals surface area contributed by atoms with Crippen LogP contribution in [-0.2, 0) is 20.4 Å². The van der Waals surface area contributed by atoms with Crippen molar-refractivity contribution >= 4 is 23.6 Å². The molecule has 6 N–H and O–H groups in total. The number of phenolic OH excluding ortho intramolecular Hbond substituents is 2. The first kappa shape index (κ1) is 26.3. The van der Waals surface area contributed by atoms with Crippen LogP contribution in [0.1, 0.15) is 73.4 Å². The summed E-state index contributed by atoms with van der Waals surface area (Å²) in [5.41, 5.74) is 3.71. The van der Waals surface area contributed by atoms with Gasteiger partial charge in [0.05, 0.1) is 11.1 Å². The number of hydrazine groups is 2. The maximum Gasteiger partial charge on any atom is 0.339 e. The molecule has 34 heavy (non-hydrogen) atoms. The zero-order valence-electron chi connectivity index (χ0n) is 20.0. The van der Waals surface area contributed by atoms with Crippen LogP contribution in [0.5, 0.6) is 11.5 Å². The summed E-state index contributed by atoms with van der Waals surface area (Å²) in [6.45, 7) is 11.3. The molecule has 0 atom stereocenters. The molecule has 182 valence electrons. The fraction of sp³-hybridized carbons (Fsp3) is 0.333. The fourth-order valence-electron chi connectivity index (χ4n) is 3.00. The number of rotatable bonds is 2. The van der Waals surface area contributed by atoms with Crippen molar-refractivity contribution in [1.82, 2.24) is 15.9 Å². The van der Waals surface area contributed by atoms with Gasteiger partial charge in [-0.2, -0.15) is 5.01 Å². The molecule has 2 aromatic carbocycles. The molecule has 0 heterocycles. The lowest BCUT2D eigenvalue weighted by Gasteiger charge is -2.24. The highest BCUT2D eigenvalue weighted by Gasteiger charge is 2.33. The van der Waals surface area contributed by atoms with Crippen LogP contribution in [0.25, 0.3) is 0 Å². The smallest absolute Gasteiger partial charge is 0.339 e. The van der Waals surface area contributed by atoms with Crippen LogP contribution in [0.2, 0.25) is 0 Å². The third-order valence-electron chi connectivity index (χ3n) is 5.15. The van der Waals surface area contributed by atoms with Gasteiger partial charge >= 0.3 is 11.8 Å². The molecule has 0 radical (unpaired) electrons. The third-order valence-corrected chi connectivity index (χ3v) is 5.15. The molecule has 0 bridgehead atoms. The highest BCUT2D eigenvalue weighted by atomic mass is 16.3. The van der Waals surface area contributed by atoms with Crippen LogP contribution in [0.4, 0.5) is 0 Å². The molecule has 4 amide bonds. The van der Waals surface area contributed by atoms with Gasteiger partial charge in [-0.1, -0.05) is 53.7 Å². The van der Waals surface area contributed by atoms with Crippen molar-refractivity contribution in [3.63, 3.8) is 0 Å². The Morgan fingerprint density at radius 2 is 1.24 bits per heavy atom. The number of nitrogens with zero attached hydrogens (tertiary/aromatic N) is 1. The molecule has 0 unspecified atom stereocenters. The van der Waals surface area contributed by atoms with E-state index in [-0.39, 0.29) is 21.6 Å². The molecule has 10 heteroatoms. The van der Waals surface area contributed by atoms with E-state index < -0.39 is 40.5 Å². The van der Waals surface area contributed by atoms with E-state index in [0.29, 0.717) is 11.1 Å². The van der Waals surface area contributed by atoms with E-state index in [2.05, 4.69) is 5.43 Å². The van der Waals surface area contributed by atoms with Crippen molar-refractivity contribution in [1.29, 1.82) is 0 Å². The summed E-state index contributed by atoms with van der Waals surface area (Å²) in [6, 6.07) is 8.62. The summed E-state index contributed by atoms with van der Waals surface area (Å²) in [7, 11) is 0. The molecule has 2 rings (SSSR count). The highest BCUT2D eigenvalue weighted by Crippen LogP contribution is 2.29. The maximum absolute atomic E-state index is 13.2. The Morgan fingerprint density at radius 3 is 1.68 bits per heavy atom. The zero-order chi connectivity index (χ0) is 26.0. The standard InChI is InChI=1S/C24H30N4O6/c1-23(2,3)13-7-9-17(29)15(11-13)19(31)27-28(22(34)20(32)26-25)21(33)16-12-14(24(4,5)6)8-10-18(16)30/h7-12,29-30H,25H2,1-6H3,(H,26,32)(H,27,31). The number of hydrogen-bond donors (Lipinski definition) is 5. The van der Waals surface area contributed by atoms with Crippen LogP contribution in [0.3, 0.4) is 0 Å². The predicted molar refractivity (Wildman–Crippen MR) is 125 cm³/mol. The van der Waals surface area contributed by atoms with Crippen LogP contribution < -0.4 is 16.7 Å². The first-order chi connectivity index (χ1) is 15.6. The normalized spacial score (nSPS) is 11.5. The molecular formula is C24H30N4O6. The average molecular weight is 471 g/mol. The van der Waals surface area contributed by atoms with E-state index in [9.17, 15) is 29.4 Å². The Bertz CT molecular complexity index is 1150. The topological polar surface area (TPSA) is 162 Å². The lowest BCUT2D eigenvalue weighted by Crippen LogP contribution is -2.55. The minimum absolute atomic E-state index is 0.148. The lowest BCUT2D eigenvalue weighted by molar-refractivity contribution is -0.145. The van der Waals surface area contributed by atoms with Crippen molar-refractivity contribution in [2.75, 3.05) is 0 Å². The van der Waals surface area contributed by atoms with Gasteiger partial charge in [-0.3, -0.25) is 30.0 Å². The van der Waals surface area contributed by atoms with E-state index >= 15 is 0 Å². The molecule has 0 aliphatic rings. The summed E-state index contributed by atoms with van der Waals surface area (Å²) >= 11 is 0. The van der Waals surface area contributed by atoms with Gasteiger partial charge in [0.25, 0.3) is 11.8 Å². The van der Waals surface area contributed by atoms with Crippen LogP contribution in [-0.4, -0.2) is 38.9 Å². The van der Waals surface area contributed by atoms with Gasteiger partial charge in [0.15, 0.2) is 0 Å². The van der Waals surface area contributed by atoms with Crippen LogP contribution in [0.15, 0.2) is 36.4 Å². The van der Waals surface area contributed by atoms with Crippen molar-refractivity contribution in [2.24, 2.45) is 5.84 Å². The SMILES string of the molecule is CC(C)(C)c1ccc(O)c(C(=O)NN(C(=O)C(=O)NN)C(=O)c2cc(C(C)(C)C)ccc2O)c1. The molecule has 0 saturated heterocycles. The molecule has 0 saturated carbocycles. The summed E-state index contributed by atoms with van der Waals surface area (Å²) in [4.78, 5) is 50.7. The molecule has 0 aliphatic heterocycles. The largest absolute Gasteiger partial charge is 0.507 e. The van der Waals surface area contributed by atoms with Crippen molar-refractivity contribution in [3.8, 4) is 11.5 Å². The summed E-state index contributed by atoms with van der Waals surface area (Å²) in [5.74, 6) is -0.895. The summed E-state index contributed by atoms with van der Waals surface area (Å²) in [6.07, 6.45) is 0. The van der Waals surface area contributed by atoms with Gasteiger partial charge in [0.2, 0.25) is 0 Å². The minimum atomic E-state index is -1.49. The number of nitrogens with one attached hydrogen (secondary N) is 2. The van der Waals surface area contributed by atoms with Gasteiger partial charge in [0.1, 0.15) is 11.5 Å². The first-order valence-electron chi connectivity index (χ1n) is 10.4. The minimum Gasteiger partial charge on any atom is -0.507 e. The number of benzene rings is 2. The van der Waals surface area contributed by atoms with Crippen LogP contribution in [0, 0.1) is 0 Å². The second kappa shape index (κ2) is 9.52. The number of carbonyl (C=O) groups excluding carboxylic acids is 4. The Hall–Kier alpha value is -3.92. The predicted octanol–water partition coefficient (Wildman–Crippen LogP) is 2.00. The van der Waals surface area contributed by atoms with E-state index in [0.717, 1.165) is 0 Å². The summed E-state index contributed by atoms with van der Waals surface area (Å²) in [5, 5.41) is 20.6. The maximum atomic E-state index is 13.2. The Balaban J connectivity index is 2.54. The van der Waals surface area contributed by atoms with Gasteiger partial charge < -0.3 is 10.2 Å². The Morgan fingerprint density at radius 1 is 0.794 bits per heavy atom. The van der Waals surface area contributed by atoms with Gasteiger partial charge in [0, 0.05) is 0 Å². The monoisotopic (exact) mass is 470 g/mol. The first-order valence-corrected chi connectivity index (χ1v) is 10.4. The number of carbonyl (C=O) groups is 4. The van der Waals surface area contributed by atoms with E-state index in [1.165, 1.54) is 24.3 Å². The number of amides is 4. The number of phenols is 2. The van der Waals surface area contributed by atoms with Crippen molar-refractivity contribution in [3.05, 3.63) is 58.7 Å².